The van der Waals surface area contributed by atoms with Crippen molar-refractivity contribution < 1.29 is 14.6 Å². The van der Waals surface area contributed by atoms with Crippen LogP contribution in [0.5, 0.6) is 0 Å². The van der Waals surface area contributed by atoms with Crippen molar-refractivity contribution in [2.75, 3.05) is 6.54 Å². The zero-order valence-corrected chi connectivity index (χ0v) is 8.93. The van der Waals surface area contributed by atoms with E-state index in [4.69, 9.17) is 15.6 Å². The average molecular weight is 221 g/mol. The molecule has 0 saturated carbocycles. The molecule has 4 heteroatoms. The molecule has 2 atom stereocenters. The van der Waals surface area contributed by atoms with E-state index in [1.165, 1.54) is 0 Å². The van der Waals surface area contributed by atoms with Gasteiger partial charge in [0.05, 0.1) is 17.8 Å². The van der Waals surface area contributed by atoms with Gasteiger partial charge < -0.3 is 15.6 Å². The van der Waals surface area contributed by atoms with Gasteiger partial charge in [0, 0.05) is 6.54 Å². The Morgan fingerprint density at radius 3 is 2.94 bits per heavy atom. The Balaban J connectivity index is 2.15. The predicted molar refractivity (Wildman–Crippen MR) is 59.3 cm³/mol. The van der Waals surface area contributed by atoms with Crippen LogP contribution < -0.4 is 5.73 Å². The molecular formula is C12H15NO3. The van der Waals surface area contributed by atoms with Gasteiger partial charge in [0.2, 0.25) is 0 Å². The molecule has 86 valence electrons. The molecule has 0 amide bonds. The summed E-state index contributed by atoms with van der Waals surface area (Å²) in [5.74, 6) is -0.907. The van der Waals surface area contributed by atoms with Crippen molar-refractivity contribution >= 4 is 5.97 Å². The molecule has 0 aliphatic carbocycles. The monoisotopic (exact) mass is 221 g/mol. The number of ether oxygens (including phenoxy) is 1. The first-order valence-corrected chi connectivity index (χ1v) is 5.39. The molecule has 0 spiro atoms. The molecule has 1 saturated heterocycles. The van der Waals surface area contributed by atoms with Gasteiger partial charge in [-0.05, 0) is 30.5 Å². The van der Waals surface area contributed by atoms with E-state index in [1.807, 2.05) is 6.07 Å². The summed E-state index contributed by atoms with van der Waals surface area (Å²) >= 11 is 0. The minimum Gasteiger partial charge on any atom is -0.478 e. The van der Waals surface area contributed by atoms with E-state index in [0.717, 1.165) is 18.4 Å². The van der Waals surface area contributed by atoms with Gasteiger partial charge in [0.15, 0.2) is 0 Å². The maximum atomic E-state index is 10.8. The maximum absolute atomic E-state index is 10.8. The number of aromatic carboxylic acids is 1. The van der Waals surface area contributed by atoms with E-state index in [0.29, 0.717) is 12.1 Å². The first kappa shape index (κ1) is 11.1. The number of benzene rings is 1. The van der Waals surface area contributed by atoms with Gasteiger partial charge in [-0.3, -0.25) is 0 Å². The van der Waals surface area contributed by atoms with Crippen LogP contribution in [0.15, 0.2) is 24.3 Å². The summed E-state index contributed by atoms with van der Waals surface area (Å²) in [5, 5.41) is 8.89. The Hall–Kier alpha value is -1.39. The molecule has 1 aliphatic heterocycles. The van der Waals surface area contributed by atoms with E-state index in [9.17, 15) is 4.79 Å². The molecular weight excluding hydrogens is 206 g/mol. The van der Waals surface area contributed by atoms with Gasteiger partial charge in [-0.2, -0.15) is 0 Å². The molecule has 1 aromatic rings. The number of carboxylic acid groups (broad SMARTS) is 1. The van der Waals surface area contributed by atoms with Crippen LogP contribution >= 0.6 is 0 Å². The van der Waals surface area contributed by atoms with Crippen LogP contribution in [0.1, 0.15) is 34.9 Å². The number of carboxylic acids is 1. The normalized spacial score (nSPS) is 24.6. The van der Waals surface area contributed by atoms with Gasteiger partial charge in [0.25, 0.3) is 0 Å². The summed E-state index contributed by atoms with van der Waals surface area (Å²) in [6.45, 7) is 0.523. The van der Waals surface area contributed by atoms with Crippen LogP contribution in [0.3, 0.4) is 0 Å². The van der Waals surface area contributed by atoms with Crippen LogP contribution in [0.4, 0.5) is 0 Å². The molecule has 2 rings (SSSR count). The lowest BCUT2D eigenvalue weighted by molar-refractivity contribution is 0.0497. The zero-order chi connectivity index (χ0) is 11.5. The van der Waals surface area contributed by atoms with Gasteiger partial charge in [-0.25, -0.2) is 4.79 Å². The molecule has 1 heterocycles. The lowest BCUT2D eigenvalue weighted by Crippen LogP contribution is -2.18. The number of hydrogen-bond acceptors (Lipinski definition) is 3. The van der Waals surface area contributed by atoms with Crippen molar-refractivity contribution in [3.8, 4) is 0 Å². The Kier molecular flexibility index (Phi) is 3.22. The third kappa shape index (κ3) is 2.23. The quantitative estimate of drug-likeness (QED) is 0.812. The number of carbonyl (C=O) groups is 1. The summed E-state index contributed by atoms with van der Waals surface area (Å²) < 4.78 is 5.71. The Labute approximate surface area is 94.0 Å². The minimum absolute atomic E-state index is 0.00662. The molecule has 1 fully saturated rings. The fourth-order valence-electron chi connectivity index (χ4n) is 2.00. The maximum Gasteiger partial charge on any atom is 0.335 e. The summed E-state index contributed by atoms with van der Waals surface area (Å²) in [7, 11) is 0. The highest BCUT2D eigenvalue weighted by Crippen LogP contribution is 2.32. The number of nitrogens with two attached hydrogens (primary N) is 1. The van der Waals surface area contributed by atoms with Crippen molar-refractivity contribution in [1.82, 2.24) is 0 Å². The van der Waals surface area contributed by atoms with Crippen LogP contribution in [0.25, 0.3) is 0 Å². The van der Waals surface area contributed by atoms with E-state index in [2.05, 4.69) is 0 Å². The number of hydrogen-bond donors (Lipinski definition) is 2. The molecule has 0 bridgehead atoms. The average Bonchev–Trinajstić information content (AvgIpc) is 2.77. The Morgan fingerprint density at radius 2 is 2.31 bits per heavy atom. The van der Waals surface area contributed by atoms with Crippen molar-refractivity contribution in [1.29, 1.82) is 0 Å². The fourth-order valence-corrected chi connectivity index (χ4v) is 2.00. The van der Waals surface area contributed by atoms with Crippen molar-refractivity contribution in [2.24, 2.45) is 5.73 Å². The summed E-state index contributed by atoms with van der Waals surface area (Å²) in [6.07, 6.45) is 1.95. The second-order valence-corrected chi connectivity index (χ2v) is 3.99. The van der Waals surface area contributed by atoms with Gasteiger partial charge in [-0.15, -0.1) is 0 Å². The van der Waals surface area contributed by atoms with Crippen LogP contribution in [-0.2, 0) is 4.74 Å². The number of rotatable bonds is 3. The topological polar surface area (TPSA) is 72.6 Å². The molecule has 16 heavy (non-hydrogen) atoms. The highest BCUT2D eigenvalue weighted by Gasteiger charge is 2.25. The molecule has 1 aliphatic rings. The van der Waals surface area contributed by atoms with E-state index in [-0.39, 0.29) is 12.2 Å². The third-order valence-corrected chi connectivity index (χ3v) is 2.88. The molecule has 0 radical (unpaired) electrons. The Bertz CT molecular complexity index is 392. The molecule has 4 nitrogen and oxygen atoms in total. The minimum atomic E-state index is -0.907. The highest BCUT2D eigenvalue weighted by atomic mass is 16.5. The van der Waals surface area contributed by atoms with Crippen LogP contribution in [-0.4, -0.2) is 23.7 Å². The second kappa shape index (κ2) is 4.63. The summed E-state index contributed by atoms with van der Waals surface area (Å²) in [5.41, 5.74) is 6.76. The van der Waals surface area contributed by atoms with E-state index >= 15 is 0 Å². The first-order valence-electron chi connectivity index (χ1n) is 5.39. The zero-order valence-electron chi connectivity index (χ0n) is 8.93. The second-order valence-electron chi connectivity index (χ2n) is 3.99. The first-order chi connectivity index (χ1) is 7.70. The lowest BCUT2D eigenvalue weighted by atomic mass is 10.0. The molecule has 0 aromatic heterocycles. The van der Waals surface area contributed by atoms with Gasteiger partial charge >= 0.3 is 5.97 Å². The molecule has 1 aromatic carbocycles. The Morgan fingerprint density at radius 1 is 1.50 bits per heavy atom. The van der Waals surface area contributed by atoms with Crippen LogP contribution in [0, 0.1) is 0 Å². The summed E-state index contributed by atoms with van der Waals surface area (Å²) in [4.78, 5) is 10.8. The van der Waals surface area contributed by atoms with E-state index in [1.54, 1.807) is 18.2 Å². The molecule has 3 N–H and O–H groups in total. The predicted octanol–water partition coefficient (Wildman–Crippen LogP) is 1.56. The lowest BCUT2D eigenvalue weighted by Gasteiger charge is -2.12. The van der Waals surface area contributed by atoms with Crippen molar-refractivity contribution in [3.63, 3.8) is 0 Å². The SMILES string of the molecule is NC[C@@H]1CC[C@H](c2cccc(C(=O)O)c2)O1. The van der Waals surface area contributed by atoms with E-state index < -0.39 is 5.97 Å². The van der Waals surface area contributed by atoms with Crippen molar-refractivity contribution in [3.05, 3.63) is 35.4 Å². The third-order valence-electron chi connectivity index (χ3n) is 2.88. The van der Waals surface area contributed by atoms with Crippen LogP contribution in [0.2, 0.25) is 0 Å². The largest absolute Gasteiger partial charge is 0.478 e. The fraction of sp³-hybridized carbons (Fsp3) is 0.417. The van der Waals surface area contributed by atoms with Gasteiger partial charge in [-0.1, -0.05) is 12.1 Å². The smallest absolute Gasteiger partial charge is 0.335 e. The highest BCUT2D eigenvalue weighted by molar-refractivity contribution is 5.87. The standard InChI is InChI=1S/C12H15NO3/c13-7-10-4-5-11(16-10)8-2-1-3-9(6-8)12(14)15/h1-3,6,10-11H,4-5,7,13H2,(H,14,15)/t10-,11+/m0/s1. The molecule has 0 unspecified atom stereocenters. The van der Waals surface area contributed by atoms with Gasteiger partial charge in [0.1, 0.15) is 0 Å². The van der Waals surface area contributed by atoms with Crippen molar-refractivity contribution in [2.45, 2.75) is 25.0 Å². The summed E-state index contributed by atoms with van der Waals surface area (Å²) in [6, 6.07) is 6.90.